The highest BCUT2D eigenvalue weighted by molar-refractivity contribution is 7.98. The molecule has 0 amide bonds. The minimum atomic E-state index is 0.578. The normalized spacial score (nSPS) is 11.4. The van der Waals surface area contributed by atoms with Crippen LogP contribution in [0.25, 0.3) is 0 Å². The first-order valence-electron chi connectivity index (χ1n) is 7.28. The Kier molecular flexibility index (Phi) is 17.3. The molecular weight excluding hydrogens is 278 g/mol. The molecule has 0 aliphatic heterocycles. The van der Waals surface area contributed by atoms with Crippen LogP contribution in [-0.4, -0.2) is 71.5 Å². The second kappa shape index (κ2) is 17.2. The molecule has 0 aromatic rings. The van der Waals surface area contributed by atoms with Gasteiger partial charge in [-0.1, -0.05) is 13.8 Å². The summed E-state index contributed by atoms with van der Waals surface area (Å²) in [5.41, 5.74) is 0. The van der Waals surface area contributed by atoms with Crippen LogP contribution in [0.3, 0.4) is 0 Å². The van der Waals surface area contributed by atoms with Crippen molar-refractivity contribution in [2.24, 2.45) is 5.92 Å². The van der Waals surface area contributed by atoms with E-state index in [0.29, 0.717) is 45.6 Å². The summed E-state index contributed by atoms with van der Waals surface area (Å²) in [4.78, 5) is 0. The Morgan fingerprint density at radius 3 is 1.80 bits per heavy atom. The maximum Gasteiger partial charge on any atom is 0.0701 e. The van der Waals surface area contributed by atoms with Gasteiger partial charge in [-0.15, -0.1) is 11.8 Å². The Bertz CT molecular complexity index is 185. The lowest BCUT2D eigenvalue weighted by Crippen LogP contribution is -2.20. The molecule has 0 unspecified atom stereocenters. The third-order valence-corrected chi connectivity index (χ3v) is 2.73. The van der Waals surface area contributed by atoms with E-state index in [1.807, 2.05) is 0 Å². The van der Waals surface area contributed by atoms with Gasteiger partial charge in [0.2, 0.25) is 0 Å². The van der Waals surface area contributed by atoms with E-state index in [1.165, 1.54) is 0 Å². The molecule has 0 radical (unpaired) electrons. The van der Waals surface area contributed by atoms with E-state index in [4.69, 9.17) is 18.9 Å². The Labute approximate surface area is 128 Å². The number of hydrogen-bond acceptors (Lipinski definition) is 6. The van der Waals surface area contributed by atoms with Gasteiger partial charge in [0.15, 0.2) is 0 Å². The zero-order chi connectivity index (χ0) is 14.9. The number of rotatable bonds is 16. The van der Waals surface area contributed by atoms with Gasteiger partial charge in [0.05, 0.1) is 46.2 Å². The summed E-state index contributed by atoms with van der Waals surface area (Å²) < 4.78 is 21.6. The van der Waals surface area contributed by atoms with E-state index < -0.39 is 0 Å². The third kappa shape index (κ3) is 18.1. The van der Waals surface area contributed by atoms with Gasteiger partial charge in [0.25, 0.3) is 0 Å². The van der Waals surface area contributed by atoms with Crippen LogP contribution in [0.5, 0.6) is 0 Å². The van der Waals surface area contributed by atoms with Crippen LogP contribution in [0, 0.1) is 5.92 Å². The van der Waals surface area contributed by atoms with Crippen molar-refractivity contribution in [3.63, 3.8) is 0 Å². The van der Waals surface area contributed by atoms with E-state index in [0.717, 1.165) is 25.6 Å². The van der Waals surface area contributed by atoms with E-state index in [2.05, 4.69) is 25.4 Å². The molecule has 0 bridgehead atoms. The number of hydrogen-bond donors (Lipinski definition) is 1. The Balaban J connectivity index is 2.92. The molecule has 5 nitrogen and oxygen atoms in total. The topological polar surface area (TPSA) is 49.0 Å². The van der Waals surface area contributed by atoms with Crippen LogP contribution in [0.4, 0.5) is 0 Å². The molecule has 0 atom stereocenters. The smallest absolute Gasteiger partial charge is 0.0701 e. The molecule has 6 heteroatoms. The predicted molar refractivity (Wildman–Crippen MR) is 84.5 cm³/mol. The maximum absolute atomic E-state index is 5.40. The van der Waals surface area contributed by atoms with Crippen molar-refractivity contribution < 1.29 is 18.9 Å². The average molecular weight is 309 g/mol. The molecule has 0 saturated carbocycles. The van der Waals surface area contributed by atoms with Gasteiger partial charge in [0.1, 0.15) is 0 Å². The van der Waals surface area contributed by atoms with Crippen LogP contribution < -0.4 is 5.32 Å². The summed E-state index contributed by atoms with van der Waals surface area (Å²) in [6.45, 7) is 10.5. The molecule has 0 aliphatic rings. The standard InChI is InChI=1S/C14H31NO4S/c1-14(2)12-19-11-10-18-9-8-17-7-6-16-5-4-15-13-20-3/h14-15H,4-13H2,1-3H3. The summed E-state index contributed by atoms with van der Waals surface area (Å²) >= 11 is 1.77. The predicted octanol–water partition coefficient (Wildman–Crippen LogP) is 1.62. The van der Waals surface area contributed by atoms with Crippen LogP contribution in [-0.2, 0) is 18.9 Å². The second-order valence-corrected chi connectivity index (χ2v) is 5.60. The highest BCUT2D eigenvalue weighted by Gasteiger charge is 1.94. The zero-order valence-electron chi connectivity index (χ0n) is 13.2. The average Bonchev–Trinajstić information content (AvgIpc) is 2.43. The lowest BCUT2D eigenvalue weighted by Gasteiger charge is -2.08. The number of ether oxygens (including phenoxy) is 4. The fourth-order valence-electron chi connectivity index (χ4n) is 1.30. The van der Waals surface area contributed by atoms with Gasteiger partial charge >= 0.3 is 0 Å². The molecule has 0 aliphatic carbocycles. The van der Waals surface area contributed by atoms with Crippen LogP contribution in [0.2, 0.25) is 0 Å². The third-order valence-electron chi connectivity index (χ3n) is 2.24. The van der Waals surface area contributed by atoms with Crippen molar-refractivity contribution >= 4 is 11.8 Å². The van der Waals surface area contributed by atoms with E-state index >= 15 is 0 Å². The molecule has 0 heterocycles. The van der Waals surface area contributed by atoms with E-state index in [9.17, 15) is 0 Å². The Morgan fingerprint density at radius 1 is 0.800 bits per heavy atom. The van der Waals surface area contributed by atoms with Crippen molar-refractivity contribution in [2.45, 2.75) is 13.8 Å². The van der Waals surface area contributed by atoms with Crippen molar-refractivity contribution in [3.8, 4) is 0 Å². The highest BCUT2D eigenvalue weighted by Crippen LogP contribution is 1.91. The largest absolute Gasteiger partial charge is 0.379 e. The minimum absolute atomic E-state index is 0.578. The van der Waals surface area contributed by atoms with Crippen LogP contribution >= 0.6 is 11.8 Å². The van der Waals surface area contributed by atoms with Gasteiger partial charge in [-0.05, 0) is 12.2 Å². The van der Waals surface area contributed by atoms with Crippen molar-refractivity contribution in [2.75, 3.05) is 71.5 Å². The first-order valence-corrected chi connectivity index (χ1v) is 8.67. The summed E-state index contributed by atoms with van der Waals surface area (Å²) in [7, 11) is 0. The van der Waals surface area contributed by atoms with Crippen molar-refractivity contribution in [3.05, 3.63) is 0 Å². The summed E-state index contributed by atoms with van der Waals surface area (Å²) in [6, 6.07) is 0. The zero-order valence-corrected chi connectivity index (χ0v) is 14.0. The van der Waals surface area contributed by atoms with Gasteiger partial charge in [-0.25, -0.2) is 0 Å². The first kappa shape index (κ1) is 20.1. The summed E-state index contributed by atoms with van der Waals surface area (Å²) in [5.74, 6) is 1.55. The summed E-state index contributed by atoms with van der Waals surface area (Å²) in [6.07, 6.45) is 2.07. The Hall–Kier alpha value is 0.150. The lowest BCUT2D eigenvalue weighted by molar-refractivity contribution is -0.00420. The molecule has 0 aromatic heterocycles. The SMILES string of the molecule is CSCNCCOCCOCCOCCOCC(C)C. The molecular formula is C14H31NO4S. The Morgan fingerprint density at radius 2 is 1.30 bits per heavy atom. The molecule has 0 fully saturated rings. The first-order chi connectivity index (χ1) is 9.77. The van der Waals surface area contributed by atoms with E-state index in [-0.39, 0.29) is 0 Å². The van der Waals surface area contributed by atoms with Crippen LogP contribution in [0.15, 0.2) is 0 Å². The lowest BCUT2D eigenvalue weighted by atomic mass is 10.2. The molecule has 0 spiro atoms. The summed E-state index contributed by atoms with van der Waals surface area (Å²) in [5, 5.41) is 3.24. The number of thioether (sulfide) groups is 1. The van der Waals surface area contributed by atoms with E-state index in [1.54, 1.807) is 11.8 Å². The molecule has 0 saturated heterocycles. The molecule has 20 heavy (non-hydrogen) atoms. The monoisotopic (exact) mass is 309 g/mol. The molecule has 0 rings (SSSR count). The quantitative estimate of drug-likeness (QED) is 0.345. The van der Waals surface area contributed by atoms with Gasteiger partial charge in [-0.2, -0.15) is 0 Å². The van der Waals surface area contributed by atoms with Crippen molar-refractivity contribution in [1.82, 2.24) is 5.32 Å². The number of nitrogens with one attached hydrogen (secondary N) is 1. The highest BCUT2D eigenvalue weighted by atomic mass is 32.2. The minimum Gasteiger partial charge on any atom is -0.379 e. The fraction of sp³-hybridized carbons (Fsp3) is 1.00. The molecule has 1 N–H and O–H groups in total. The molecule has 122 valence electrons. The molecule has 0 aromatic carbocycles. The van der Waals surface area contributed by atoms with Crippen LogP contribution in [0.1, 0.15) is 13.8 Å². The fourth-order valence-corrected chi connectivity index (χ4v) is 1.65. The van der Waals surface area contributed by atoms with Gasteiger partial charge < -0.3 is 24.3 Å². The van der Waals surface area contributed by atoms with Gasteiger partial charge in [-0.3, -0.25) is 0 Å². The second-order valence-electron chi connectivity index (χ2n) is 4.74. The van der Waals surface area contributed by atoms with Gasteiger partial charge in [0, 0.05) is 19.0 Å². The van der Waals surface area contributed by atoms with Crippen molar-refractivity contribution in [1.29, 1.82) is 0 Å². The maximum atomic E-state index is 5.40.